The van der Waals surface area contributed by atoms with Crippen LogP contribution in [0, 0.1) is 20.8 Å². The fourth-order valence-electron chi connectivity index (χ4n) is 5.80. The van der Waals surface area contributed by atoms with E-state index in [0.717, 1.165) is 16.7 Å². The van der Waals surface area contributed by atoms with Crippen LogP contribution in [-0.4, -0.2) is 48.0 Å². The zero-order valence-corrected chi connectivity index (χ0v) is 27.6. The van der Waals surface area contributed by atoms with Crippen molar-refractivity contribution < 1.29 is 23.1 Å². The third-order valence-electron chi connectivity index (χ3n) is 7.95. The Morgan fingerprint density at radius 2 is 1.60 bits per heavy atom. The molecule has 248 valence electrons. The number of nitrogens with one attached hydrogen (secondary N) is 4. The highest BCUT2D eigenvalue weighted by atomic mass is 32.2. The maximum atomic E-state index is 13.9. The molecule has 0 saturated heterocycles. The van der Waals surface area contributed by atoms with Gasteiger partial charge in [0.2, 0.25) is 15.5 Å². The number of carboxylic acids is 1. The number of H-pyrrole nitrogens is 1. The van der Waals surface area contributed by atoms with Gasteiger partial charge in [-0.3, -0.25) is 14.4 Å². The molecule has 1 atom stereocenters. The van der Waals surface area contributed by atoms with Crippen molar-refractivity contribution in [3.63, 3.8) is 0 Å². The van der Waals surface area contributed by atoms with E-state index in [1.807, 2.05) is 61.5 Å². The average Bonchev–Trinajstić information content (AvgIpc) is 3.04. The lowest BCUT2D eigenvalue weighted by atomic mass is 10.0. The molecule has 0 saturated carbocycles. The number of sulfonamides is 1. The largest absolute Gasteiger partial charge is 0.480 e. The number of hydrogen-bond acceptors (Lipinski definition) is 7. The molecule has 5 aromatic rings. The lowest BCUT2D eigenvalue weighted by Gasteiger charge is -2.19. The number of amides is 1. The number of carboxylic acid groups (broad SMARTS) is 1. The van der Waals surface area contributed by atoms with Gasteiger partial charge in [0.15, 0.2) is 0 Å². The third kappa shape index (κ3) is 7.96. The van der Waals surface area contributed by atoms with E-state index in [1.54, 1.807) is 44.3 Å². The Hall–Kier alpha value is -5.33. The van der Waals surface area contributed by atoms with Crippen LogP contribution >= 0.6 is 0 Å². The number of rotatable bonds is 13. The van der Waals surface area contributed by atoms with Crippen LogP contribution in [0.3, 0.4) is 0 Å². The first-order valence-corrected chi connectivity index (χ1v) is 16.9. The van der Waals surface area contributed by atoms with Crippen LogP contribution in [0.5, 0.6) is 0 Å². The number of aryl methyl sites for hydroxylation is 5. The highest BCUT2D eigenvalue weighted by molar-refractivity contribution is 7.89. The van der Waals surface area contributed by atoms with Gasteiger partial charge in [-0.1, -0.05) is 60.2 Å². The molecule has 0 aliphatic rings. The van der Waals surface area contributed by atoms with Gasteiger partial charge in [-0.2, -0.15) is 4.72 Å². The fraction of sp³-hybridized carbons (Fsp3) is 0.222. The summed E-state index contributed by atoms with van der Waals surface area (Å²) in [5.41, 5.74) is 3.92. The van der Waals surface area contributed by atoms with Crippen molar-refractivity contribution in [1.29, 1.82) is 0 Å². The molecule has 2 heterocycles. The van der Waals surface area contributed by atoms with Crippen molar-refractivity contribution >= 4 is 38.6 Å². The van der Waals surface area contributed by atoms with Crippen molar-refractivity contribution in [2.45, 2.75) is 51.1 Å². The van der Waals surface area contributed by atoms with Crippen LogP contribution in [0.1, 0.15) is 43.9 Å². The Morgan fingerprint density at radius 1 is 0.896 bits per heavy atom. The van der Waals surface area contributed by atoms with Gasteiger partial charge in [-0.15, -0.1) is 0 Å². The Morgan fingerprint density at radius 3 is 2.27 bits per heavy atom. The molecule has 0 aliphatic carbocycles. The first-order valence-electron chi connectivity index (χ1n) is 15.4. The van der Waals surface area contributed by atoms with Crippen molar-refractivity contribution in [3.8, 4) is 0 Å². The number of carbonyl (C=O) groups is 2. The summed E-state index contributed by atoms with van der Waals surface area (Å²) >= 11 is 0. The van der Waals surface area contributed by atoms with E-state index in [9.17, 15) is 27.9 Å². The molecular formula is C36H37N5O6S. The quantitative estimate of drug-likeness (QED) is 0.123. The Labute approximate surface area is 278 Å². The van der Waals surface area contributed by atoms with E-state index in [0.29, 0.717) is 47.5 Å². The zero-order valence-electron chi connectivity index (χ0n) is 26.8. The van der Waals surface area contributed by atoms with Crippen molar-refractivity contribution in [2.24, 2.45) is 0 Å². The number of pyridine rings is 2. The highest BCUT2D eigenvalue weighted by Crippen LogP contribution is 2.22. The summed E-state index contributed by atoms with van der Waals surface area (Å²) in [4.78, 5) is 47.2. The summed E-state index contributed by atoms with van der Waals surface area (Å²) in [7, 11) is -4.27. The third-order valence-corrected chi connectivity index (χ3v) is 9.73. The molecular weight excluding hydrogens is 630 g/mol. The average molecular weight is 668 g/mol. The smallest absolute Gasteiger partial charge is 0.323 e. The number of hydrogen-bond donors (Lipinski definition) is 5. The molecule has 11 nitrogen and oxygen atoms in total. The molecule has 5 rings (SSSR count). The van der Waals surface area contributed by atoms with E-state index in [-0.39, 0.29) is 15.8 Å². The molecule has 0 bridgehead atoms. The molecule has 0 fully saturated rings. The second kappa shape index (κ2) is 14.6. The molecule has 0 aliphatic heterocycles. The molecule has 1 amide bonds. The Kier molecular flexibility index (Phi) is 10.4. The SMILES string of the molecule is Cc1cc(C)c(S(=O)(=O)NC(CNC(=O)c2c(CCc3ccccc3)[nH]c3cc(CNc4ccccn4)ccc3c2=O)C(=O)O)c(C)c1. The van der Waals surface area contributed by atoms with Crippen LogP contribution in [0.15, 0.2) is 94.7 Å². The van der Waals surface area contributed by atoms with Crippen LogP contribution in [0.4, 0.5) is 5.82 Å². The minimum absolute atomic E-state index is 0.0190. The molecule has 2 aromatic heterocycles. The van der Waals surface area contributed by atoms with Crippen LogP contribution in [0.2, 0.25) is 0 Å². The van der Waals surface area contributed by atoms with Crippen LogP contribution < -0.4 is 20.8 Å². The minimum atomic E-state index is -4.27. The fourth-order valence-corrected chi connectivity index (χ4v) is 7.44. The van der Waals surface area contributed by atoms with Gasteiger partial charge in [0.05, 0.1) is 4.90 Å². The predicted molar refractivity (Wildman–Crippen MR) is 185 cm³/mol. The standard InChI is InChI=1S/C36H37N5O6S/c1-22-17-23(2)34(24(3)18-22)48(46,47)41-30(36(44)45)21-39-35(43)32-28(15-13-25-9-5-4-6-10-25)40-29-19-26(12-14-27(29)33(32)42)20-38-31-11-7-8-16-37-31/h4-12,14,16-19,30,41H,13,15,20-21H2,1-3H3,(H,37,38)(H,39,43)(H,40,42)(H,44,45). The van der Waals surface area contributed by atoms with Gasteiger partial charge in [-0.05, 0) is 80.1 Å². The van der Waals surface area contributed by atoms with Crippen molar-refractivity contribution in [2.75, 3.05) is 11.9 Å². The normalized spacial score (nSPS) is 12.1. The van der Waals surface area contributed by atoms with Gasteiger partial charge in [0.1, 0.15) is 17.4 Å². The number of nitrogens with zero attached hydrogens (tertiary/aromatic N) is 1. The molecule has 48 heavy (non-hydrogen) atoms. The summed E-state index contributed by atoms with van der Waals surface area (Å²) < 4.78 is 28.8. The monoisotopic (exact) mass is 667 g/mol. The first kappa shape index (κ1) is 34.0. The zero-order chi connectivity index (χ0) is 34.4. The van der Waals surface area contributed by atoms with Gasteiger partial charge in [-0.25, -0.2) is 13.4 Å². The number of aliphatic carboxylic acids is 1. The summed E-state index contributed by atoms with van der Waals surface area (Å²) in [5.74, 6) is -1.59. The molecule has 0 spiro atoms. The molecule has 0 radical (unpaired) electrons. The van der Waals surface area contributed by atoms with Gasteiger partial charge >= 0.3 is 5.97 Å². The van der Waals surface area contributed by atoms with Crippen molar-refractivity contribution in [1.82, 2.24) is 20.0 Å². The maximum Gasteiger partial charge on any atom is 0.323 e. The summed E-state index contributed by atoms with van der Waals surface area (Å²) in [5, 5.41) is 15.9. The van der Waals surface area contributed by atoms with Crippen LogP contribution in [0.25, 0.3) is 10.9 Å². The number of anilines is 1. The lowest BCUT2D eigenvalue weighted by Crippen LogP contribution is -2.49. The summed E-state index contributed by atoms with van der Waals surface area (Å²) in [6.45, 7) is 4.96. The summed E-state index contributed by atoms with van der Waals surface area (Å²) in [6, 6.07) is 22.1. The number of aromatic amines is 1. The number of fused-ring (bicyclic) bond motifs is 1. The molecule has 1 unspecified atom stereocenters. The number of aromatic nitrogens is 2. The van der Waals surface area contributed by atoms with E-state index < -0.39 is 39.9 Å². The van der Waals surface area contributed by atoms with E-state index >= 15 is 0 Å². The number of benzene rings is 3. The van der Waals surface area contributed by atoms with Gasteiger partial charge in [0.25, 0.3) is 5.91 Å². The van der Waals surface area contributed by atoms with Gasteiger partial charge in [0, 0.05) is 35.9 Å². The Bertz CT molecular complexity index is 2110. The van der Waals surface area contributed by atoms with E-state index in [1.165, 1.54) is 0 Å². The van der Waals surface area contributed by atoms with Crippen molar-refractivity contribution in [3.05, 3.63) is 134 Å². The Balaban J connectivity index is 1.42. The predicted octanol–water partition coefficient (Wildman–Crippen LogP) is 4.41. The van der Waals surface area contributed by atoms with E-state index in [4.69, 9.17) is 0 Å². The molecule has 5 N–H and O–H groups in total. The highest BCUT2D eigenvalue weighted by Gasteiger charge is 2.29. The second-order valence-electron chi connectivity index (χ2n) is 11.7. The number of carbonyl (C=O) groups excluding carboxylic acids is 1. The topological polar surface area (TPSA) is 170 Å². The molecule has 12 heteroatoms. The van der Waals surface area contributed by atoms with Gasteiger partial charge < -0.3 is 20.7 Å². The maximum absolute atomic E-state index is 13.9. The van der Waals surface area contributed by atoms with Crippen LogP contribution in [-0.2, 0) is 34.2 Å². The lowest BCUT2D eigenvalue weighted by molar-refractivity contribution is -0.138. The first-order chi connectivity index (χ1) is 22.9. The summed E-state index contributed by atoms with van der Waals surface area (Å²) in [6.07, 6.45) is 2.52. The minimum Gasteiger partial charge on any atom is -0.480 e. The molecule has 3 aromatic carbocycles. The van der Waals surface area contributed by atoms with E-state index in [2.05, 4.69) is 25.3 Å². The second-order valence-corrected chi connectivity index (χ2v) is 13.3.